The molecule has 0 saturated carbocycles. The largest absolute Gasteiger partial charge is 0.397 e. The average molecular weight is 302 g/mol. The third-order valence-corrected chi connectivity index (χ3v) is 2.04. The number of rotatable bonds is 2. The maximum absolute atomic E-state index is 8.58. The van der Waals surface area contributed by atoms with E-state index in [2.05, 4.69) is 29.3 Å². The molecule has 0 unspecified atom stereocenters. The second-order valence-electron chi connectivity index (χ2n) is 5.51. The SMILES string of the molecule is CC(C)(C#N)N=NC(C)(C)C#N.CCO.Cc1ccccc1. The molecule has 0 amide bonds. The third-order valence-electron chi connectivity index (χ3n) is 2.04. The van der Waals surface area contributed by atoms with E-state index < -0.39 is 11.1 Å². The van der Waals surface area contributed by atoms with Crippen molar-refractivity contribution in [2.24, 2.45) is 10.2 Å². The molecule has 0 atom stereocenters. The monoisotopic (exact) mass is 302 g/mol. The number of nitrogens with zero attached hydrogens (tertiary/aromatic N) is 4. The van der Waals surface area contributed by atoms with Crippen LogP contribution >= 0.6 is 0 Å². The number of azo groups is 1. The summed E-state index contributed by atoms with van der Waals surface area (Å²) in [6, 6.07) is 14.2. The second-order valence-corrected chi connectivity index (χ2v) is 5.51. The van der Waals surface area contributed by atoms with Crippen LogP contribution in [0.25, 0.3) is 0 Å². The molecule has 0 bridgehead atoms. The number of aryl methyl sites for hydroxylation is 1. The highest BCUT2D eigenvalue weighted by molar-refractivity contribution is 5.11. The lowest BCUT2D eigenvalue weighted by molar-refractivity contribution is 0.318. The molecule has 1 N–H and O–H groups in total. The van der Waals surface area contributed by atoms with Crippen molar-refractivity contribution in [3.63, 3.8) is 0 Å². The molecule has 0 saturated heterocycles. The standard InChI is InChI=1S/C8H12N4.C7H8.C2H6O/c1-7(2,5-9)11-12-8(3,4)6-10;1-7-5-3-2-4-6-7;1-2-3/h1-4H3;2-6H,1H3;3H,2H2,1H3. The van der Waals surface area contributed by atoms with Crippen molar-refractivity contribution in [2.75, 3.05) is 6.61 Å². The molecule has 0 aliphatic heterocycles. The van der Waals surface area contributed by atoms with Crippen LogP contribution in [-0.4, -0.2) is 22.8 Å². The summed E-state index contributed by atoms with van der Waals surface area (Å²) in [4.78, 5) is 0. The van der Waals surface area contributed by atoms with Crippen LogP contribution in [0.1, 0.15) is 40.2 Å². The fraction of sp³-hybridized carbons (Fsp3) is 0.529. The quantitative estimate of drug-likeness (QED) is 0.835. The molecule has 1 aromatic carbocycles. The molecule has 22 heavy (non-hydrogen) atoms. The lowest BCUT2D eigenvalue weighted by Crippen LogP contribution is -2.17. The van der Waals surface area contributed by atoms with E-state index in [0.29, 0.717) is 0 Å². The number of hydrogen-bond acceptors (Lipinski definition) is 5. The van der Waals surface area contributed by atoms with E-state index in [1.807, 2.05) is 30.3 Å². The predicted molar refractivity (Wildman–Crippen MR) is 88.2 cm³/mol. The Morgan fingerprint density at radius 1 is 0.955 bits per heavy atom. The first-order valence-electron chi connectivity index (χ1n) is 7.03. The molecule has 5 heteroatoms. The highest BCUT2D eigenvalue weighted by Gasteiger charge is 2.19. The highest BCUT2D eigenvalue weighted by Crippen LogP contribution is 2.13. The maximum atomic E-state index is 8.58. The number of benzene rings is 1. The number of hydrogen-bond donors (Lipinski definition) is 1. The van der Waals surface area contributed by atoms with Gasteiger partial charge in [-0.15, -0.1) is 0 Å². The molecule has 0 fully saturated rings. The van der Waals surface area contributed by atoms with E-state index in [4.69, 9.17) is 15.6 Å². The van der Waals surface area contributed by atoms with E-state index in [0.717, 1.165) is 0 Å². The zero-order valence-corrected chi connectivity index (χ0v) is 14.3. The van der Waals surface area contributed by atoms with Gasteiger partial charge >= 0.3 is 0 Å². The number of aliphatic hydroxyl groups is 1. The fourth-order valence-electron chi connectivity index (χ4n) is 0.829. The van der Waals surface area contributed by atoms with E-state index in [1.165, 1.54) is 5.56 Å². The average Bonchev–Trinajstić information content (AvgIpc) is 2.48. The third kappa shape index (κ3) is 14.2. The normalized spacial score (nSPS) is 10.4. The van der Waals surface area contributed by atoms with E-state index in [1.54, 1.807) is 34.6 Å². The summed E-state index contributed by atoms with van der Waals surface area (Å²) in [5.74, 6) is 0. The van der Waals surface area contributed by atoms with Gasteiger partial charge in [0.1, 0.15) is 0 Å². The Morgan fingerprint density at radius 3 is 1.45 bits per heavy atom. The molecule has 1 rings (SSSR count). The van der Waals surface area contributed by atoms with Crippen LogP contribution in [0, 0.1) is 29.6 Å². The summed E-state index contributed by atoms with van der Waals surface area (Å²) in [6.45, 7) is 10.6. The van der Waals surface area contributed by atoms with Gasteiger partial charge in [0.2, 0.25) is 0 Å². The molecule has 0 heterocycles. The minimum absolute atomic E-state index is 0.250. The van der Waals surface area contributed by atoms with Crippen molar-refractivity contribution in [3.8, 4) is 12.1 Å². The highest BCUT2D eigenvalue weighted by atomic mass is 16.2. The summed E-state index contributed by atoms with van der Waals surface area (Å²) >= 11 is 0. The Morgan fingerprint density at radius 2 is 1.27 bits per heavy atom. The van der Waals surface area contributed by atoms with Crippen LogP contribution in [0.4, 0.5) is 0 Å². The van der Waals surface area contributed by atoms with Crippen molar-refractivity contribution in [1.29, 1.82) is 10.5 Å². The fourth-order valence-corrected chi connectivity index (χ4v) is 0.829. The van der Waals surface area contributed by atoms with Crippen molar-refractivity contribution in [3.05, 3.63) is 35.9 Å². The lowest BCUT2D eigenvalue weighted by Gasteiger charge is -2.11. The van der Waals surface area contributed by atoms with Gasteiger partial charge in [-0.2, -0.15) is 20.8 Å². The van der Waals surface area contributed by atoms with Gasteiger partial charge in [0.15, 0.2) is 11.1 Å². The molecule has 0 radical (unpaired) electrons. The summed E-state index contributed by atoms with van der Waals surface area (Å²) in [6.07, 6.45) is 0. The molecule has 0 aliphatic carbocycles. The lowest BCUT2D eigenvalue weighted by atomic mass is 10.1. The van der Waals surface area contributed by atoms with Gasteiger partial charge in [-0.05, 0) is 41.5 Å². The zero-order valence-electron chi connectivity index (χ0n) is 14.3. The molecule has 0 spiro atoms. The van der Waals surface area contributed by atoms with E-state index >= 15 is 0 Å². The summed E-state index contributed by atoms with van der Waals surface area (Å²) in [5.41, 5.74) is -0.357. The van der Waals surface area contributed by atoms with Gasteiger partial charge in [-0.25, -0.2) is 0 Å². The van der Waals surface area contributed by atoms with Crippen LogP contribution in [0.2, 0.25) is 0 Å². The van der Waals surface area contributed by atoms with Gasteiger partial charge in [0.05, 0.1) is 12.1 Å². The minimum Gasteiger partial charge on any atom is -0.397 e. The Labute approximate surface area is 133 Å². The van der Waals surface area contributed by atoms with E-state index in [9.17, 15) is 0 Å². The van der Waals surface area contributed by atoms with Crippen LogP contribution in [0.5, 0.6) is 0 Å². The van der Waals surface area contributed by atoms with Gasteiger partial charge < -0.3 is 5.11 Å². The number of aliphatic hydroxyl groups excluding tert-OH is 1. The Hall–Kier alpha value is -2.24. The molecule has 0 aliphatic rings. The minimum atomic E-state index is -0.839. The molecule has 1 aromatic rings. The smallest absolute Gasteiger partial charge is 0.162 e. The summed E-state index contributed by atoms with van der Waals surface area (Å²) < 4.78 is 0. The molecule has 120 valence electrons. The van der Waals surface area contributed by atoms with Crippen LogP contribution < -0.4 is 0 Å². The topological polar surface area (TPSA) is 92.5 Å². The first-order valence-corrected chi connectivity index (χ1v) is 7.03. The van der Waals surface area contributed by atoms with Crippen molar-refractivity contribution < 1.29 is 5.11 Å². The first kappa shape index (κ1) is 22.0. The Bertz CT molecular complexity index is 480. The van der Waals surface area contributed by atoms with Gasteiger partial charge in [0.25, 0.3) is 0 Å². The van der Waals surface area contributed by atoms with Crippen molar-refractivity contribution >= 4 is 0 Å². The van der Waals surface area contributed by atoms with Crippen LogP contribution in [-0.2, 0) is 0 Å². The molecular weight excluding hydrogens is 276 g/mol. The predicted octanol–water partition coefficient (Wildman–Crippen LogP) is 4.04. The molecule has 0 aromatic heterocycles. The Balaban J connectivity index is 0. The summed E-state index contributed by atoms with van der Waals surface area (Å²) in [5, 5.41) is 32.2. The second kappa shape index (κ2) is 11.4. The van der Waals surface area contributed by atoms with Crippen LogP contribution in [0.15, 0.2) is 40.6 Å². The number of nitriles is 2. The van der Waals surface area contributed by atoms with Crippen molar-refractivity contribution in [1.82, 2.24) is 0 Å². The van der Waals surface area contributed by atoms with Gasteiger partial charge in [-0.3, -0.25) is 0 Å². The Kier molecular flexibility index (Phi) is 11.4. The maximum Gasteiger partial charge on any atom is 0.162 e. The van der Waals surface area contributed by atoms with E-state index in [-0.39, 0.29) is 6.61 Å². The summed E-state index contributed by atoms with van der Waals surface area (Å²) in [7, 11) is 0. The van der Waals surface area contributed by atoms with Gasteiger partial charge in [-0.1, -0.05) is 35.9 Å². The zero-order chi connectivity index (χ0) is 17.6. The van der Waals surface area contributed by atoms with Crippen LogP contribution in [0.3, 0.4) is 0 Å². The molecular formula is C17H26N4O. The van der Waals surface area contributed by atoms with Gasteiger partial charge in [0, 0.05) is 6.61 Å². The first-order chi connectivity index (χ1) is 10.1. The van der Waals surface area contributed by atoms with Crippen molar-refractivity contribution in [2.45, 2.75) is 52.6 Å². The molecule has 5 nitrogen and oxygen atoms in total.